The zero-order chi connectivity index (χ0) is 14.6. The van der Waals surface area contributed by atoms with Gasteiger partial charge in [0.2, 0.25) is 5.91 Å². The van der Waals surface area contributed by atoms with E-state index >= 15 is 0 Å². The first-order valence-electron chi connectivity index (χ1n) is 7.41. The molecule has 1 amide bonds. The minimum Gasteiger partial charge on any atom is -0.481 e. The van der Waals surface area contributed by atoms with Gasteiger partial charge in [-0.3, -0.25) is 9.59 Å². The lowest BCUT2D eigenvalue weighted by Gasteiger charge is -2.40. The van der Waals surface area contributed by atoms with Crippen molar-refractivity contribution in [1.29, 1.82) is 0 Å². The third-order valence-corrected chi connectivity index (χ3v) is 4.47. The quantitative estimate of drug-likeness (QED) is 0.784. The molecule has 2 atom stereocenters. The Morgan fingerprint density at radius 3 is 2.90 bits per heavy atom. The fourth-order valence-electron chi connectivity index (χ4n) is 3.03. The summed E-state index contributed by atoms with van der Waals surface area (Å²) in [6.07, 6.45) is 2.23. The molecule has 2 fully saturated rings. The van der Waals surface area contributed by atoms with Crippen LogP contribution in [-0.4, -0.2) is 60.8 Å². The van der Waals surface area contributed by atoms with Crippen LogP contribution in [0.1, 0.15) is 32.6 Å². The summed E-state index contributed by atoms with van der Waals surface area (Å²) in [5, 5.41) is 12.6. The molecular weight excluding hydrogens is 260 g/mol. The zero-order valence-electron chi connectivity index (χ0n) is 12.1. The van der Waals surface area contributed by atoms with Gasteiger partial charge < -0.3 is 20.1 Å². The highest BCUT2D eigenvalue weighted by atomic mass is 16.5. The second-order valence-corrected chi connectivity index (χ2v) is 5.76. The molecule has 0 saturated carbocycles. The largest absolute Gasteiger partial charge is 0.481 e. The number of aliphatic carboxylic acids is 1. The molecule has 2 saturated heterocycles. The fraction of sp³-hybridized carbons (Fsp3) is 0.857. The van der Waals surface area contributed by atoms with Crippen molar-refractivity contribution < 1.29 is 19.4 Å². The van der Waals surface area contributed by atoms with Gasteiger partial charge in [-0.25, -0.2) is 0 Å². The lowest BCUT2D eigenvalue weighted by Crippen LogP contribution is -2.51. The first-order valence-corrected chi connectivity index (χ1v) is 7.41. The van der Waals surface area contributed by atoms with Crippen LogP contribution in [-0.2, 0) is 14.3 Å². The van der Waals surface area contributed by atoms with Gasteiger partial charge in [0.15, 0.2) is 0 Å². The molecule has 6 nitrogen and oxygen atoms in total. The summed E-state index contributed by atoms with van der Waals surface area (Å²) in [6, 6.07) is 0. The number of morpholine rings is 1. The van der Waals surface area contributed by atoms with Crippen molar-refractivity contribution in [3.05, 3.63) is 0 Å². The van der Waals surface area contributed by atoms with Crippen LogP contribution in [0.4, 0.5) is 0 Å². The van der Waals surface area contributed by atoms with Crippen molar-refractivity contribution in [3.8, 4) is 0 Å². The Bertz CT molecular complexity index is 368. The summed E-state index contributed by atoms with van der Waals surface area (Å²) in [6.45, 7) is 5.03. The predicted molar refractivity (Wildman–Crippen MR) is 73.4 cm³/mol. The SMILES string of the molecule is CCC1(C(=O)O)CCCN(C(=O)CC2CNCCO2)C1. The van der Waals surface area contributed by atoms with Gasteiger partial charge in [0.25, 0.3) is 0 Å². The summed E-state index contributed by atoms with van der Waals surface area (Å²) in [7, 11) is 0. The average Bonchev–Trinajstić information content (AvgIpc) is 2.48. The minimum absolute atomic E-state index is 0.0116. The van der Waals surface area contributed by atoms with Crippen molar-refractivity contribution in [1.82, 2.24) is 10.2 Å². The number of carboxylic acids is 1. The first kappa shape index (κ1) is 15.3. The number of piperidine rings is 1. The molecule has 0 bridgehead atoms. The van der Waals surface area contributed by atoms with Crippen LogP contribution >= 0.6 is 0 Å². The lowest BCUT2D eigenvalue weighted by atomic mass is 9.77. The number of likely N-dealkylation sites (tertiary alicyclic amines) is 1. The Kier molecular flexibility index (Phi) is 4.99. The van der Waals surface area contributed by atoms with E-state index in [4.69, 9.17) is 4.74 Å². The highest BCUT2D eigenvalue weighted by Crippen LogP contribution is 2.34. The van der Waals surface area contributed by atoms with Crippen LogP contribution in [0.5, 0.6) is 0 Å². The van der Waals surface area contributed by atoms with Crippen LogP contribution < -0.4 is 5.32 Å². The van der Waals surface area contributed by atoms with E-state index in [1.165, 1.54) is 0 Å². The molecule has 2 heterocycles. The van der Waals surface area contributed by atoms with Gasteiger partial charge in [-0.05, 0) is 19.3 Å². The second kappa shape index (κ2) is 6.54. The zero-order valence-corrected chi connectivity index (χ0v) is 12.1. The van der Waals surface area contributed by atoms with Crippen LogP contribution in [0.3, 0.4) is 0 Å². The topological polar surface area (TPSA) is 78.9 Å². The van der Waals surface area contributed by atoms with Crippen molar-refractivity contribution in [2.75, 3.05) is 32.8 Å². The number of hydrogen-bond acceptors (Lipinski definition) is 4. The molecule has 0 aromatic carbocycles. The number of amides is 1. The number of rotatable bonds is 4. The third kappa shape index (κ3) is 3.30. The van der Waals surface area contributed by atoms with E-state index in [0.717, 1.165) is 13.0 Å². The van der Waals surface area contributed by atoms with Gasteiger partial charge >= 0.3 is 5.97 Å². The smallest absolute Gasteiger partial charge is 0.311 e. The molecule has 2 aliphatic rings. The Labute approximate surface area is 119 Å². The number of nitrogens with zero attached hydrogens (tertiary/aromatic N) is 1. The standard InChI is InChI=1S/C14H24N2O4/c1-2-14(13(18)19)4-3-6-16(10-14)12(17)8-11-9-15-5-7-20-11/h11,15H,2-10H2,1H3,(H,18,19). The molecule has 2 aliphatic heterocycles. The van der Waals surface area contributed by atoms with E-state index in [1.54, 1.807) is 4.90 Å². The molecule has 0 aromatic heterocycles. The third-order valence-electron chi connectivity index (χ3n) is 4.47. The van der Waals surface area contributed by atoms with Gasteiger partial charge in [-0.15, -0.1) is 0 Å². The maximum Gasteiger partial charge on any atom is 0.311 e. The number of hydrogen-bond donors (Lipinski definition) is 2. The van der Waals surface area contributed by atoms with Gasteiger partial charge in [0.05, 0.1) is 24.5 Å². The molecule has 2 N–H and O–H groups in total. The molecule has 0 radical (unpaired) electrons. The molecule has 0 aliphatic carbocycles. The van der Waals surface area contributed by atoms with E-state index in [-0.39, 0.29) is 12.0 Å². The molecule has 20 heavy (non-hydrogen) atoms. The van der Waals surface area contributed by atoms with Gasteiger partial charge in [-0.2, -0.15) is 0 Å². The minimum atomic E-state index is -0.784. The second-order valence-electron chi connectivity index (χ2n) is 5.76. The summed E-state index contributed by atoms with van der Waals surface area (Å²) < 4.78 is 5.54. The number of ether oxygens (including phenoxy) is 1. The molecule has 2 unspecified atom stereocenters. The Morgan fingerprint density at radius 1 is 1.50 bits per heavy atom. The van der Waals surface area contributed by atoms with Crippen molar-refractivity contribution >= 4 is 11.9 Å². The molecule has 6 heteroatoms. The van der Waals surface area contributed by atoms with E-state index in [2.05, 4.69) is 5.32 Å². The molecular formula is C14H24N2O4. The molecule has 2 rings (SSSR count). The van der Waals surface area contributed by atoms with Gasteiger partial charge in [-0.1, -0.05) is 6.92 Å². The number of carbonyl (C=O) groups excluding carboxylic acids is 1. The van der Waals surface area contributed by atoms with Crippen LogP contribution in [0, 0.1) is 5.41 Å². The van der Waals surface area contributed by atoms with Crippen molar-refractivity contribution in [3.63, 3.8) is 0 Å². The Morgan fingerprint density at radius 2 is 2.30 bits per heavy atom. The lowest BCUT2D eigenvalue weighted by molar-refractivity contribution is -0.155. The first-order chi connectivity index (χ1) is 9.57. The number of carboxylic acid groups (broad SMARTS) is 1. The molecule has 0 spiro atoms. The van der Waals surface area contributed by atoms with Crippen molar-refractivity contribution in [2.45, 2.75) is 38.7 Å². The monoisotopic (exact) mass is 284 g/mol. The van der Waals surface area contributed by atoms with Crippen LogP contribution in [0.15, 0.2) is 0 Å². The number of nitrogens with one attached hydrogen (secondary N) is 1. The Balaban J connectivity index is 1.93. The maximum absolute atomic E-state index is 12.3. The Hall–Kier alpha value is -1.14. The highest BCUT2D eigenvalue weighted by molar-refractivity contribution is 5.80. The normalized spacial score (nSPS) is 31.1. The summed E-state index contributed by atoms with van der Waals surface area (Å²) >= 11 is 0. The van der Waals surface area contributed by atoms with Crippen LogP contribution in [0.2, 0.25) is 0 Å². The van der Waals surface area contributed by atoms with Crippen LogP contribution in [0.25, 0.3) is 0 Å². The van der Waals surface area contributed by atoms with E-state index in [9.17, 15) is 14.7 Å². The number of carbonyl (C=O) groups is 2. The fourth-order valence-corrected chi connectivity index (χ4v) is 3.03. The summed E-state index contributed by atoms with van der Waals surface area (Å²) in [4.78, 5) is 25.5. The molecule has 114 valence electrons. The highest BCUT2D eigenvalue weighted by Gasteiger charge is 2.42. The van der Waals surface area contributed by atoms with E-state index in [0.29, 0.717) is 45.5 Å². The van der Waals surface area contributed by atoms with Crippen molar-refractivity contribution in [2.24, 2.45) is 5.41 Å². The maximum atomic E-state index is 12.3. The predicted octanol–water partition coefficient (Wildman–Crippen LogP) is 0.468. The van der Waals surface area contributed by atoms with Gasteiger partial charge in [0.1, 0.15) is 0 Å². The summed E-state index contributed by atoms with van der Waals surface area (Å²) in [5.41, 5.74) is -0.764. The molecule has 0 aromatic rings. The van der Waals surface area contributed by atoms with Gasteiger partial charge in [0, 0.05) is 26.2 Å². The average molecular weight is 284 g/mol. The van der Waals surface area contributed by atoms with E-state index in [1.807, 2.05) is 6.92 Å². The van der Waals surface area contributed by atoms with E-state index < -0.39 is 11.4 Å². The summed E-state index contributed by atoms with van der Waals surface area (Å²) in [5.74, 6) is -0.773.